The summed E-state index contributed by atoms with van der Waals surface area (Å²) >= 11 is 0. The first-order valence-corrected chi connectivity index (χ1v) is 19.1. The van der Waals surface area contributed by atoms with Gasteiger partial charge in [-0.25, -0.2) is 32.2 Å². The minimum atomic E-state index is -5.46. The molecule has 4 atom stereocenters. The molecule has 0 aliphatic carbocycles. The molecule has 34 heteroatoms. The molecule has 1 saturated heterocycles. The van der Waals surface area contributed by atoms with Gasteiger partial charge in [0.2, 0.25) is 0 Å². The van der Waals surface area contributed by atoms with Crippen molar-refractivity contribution in [2.24, 2.45) is 0 Å². The summed E-state index contributed by atoms with van der Waals surface area (Å²) in [5.41, 5.74) is 5.35. The summed E-state index contributed by atoms with van der Waals surface area (Å²) in [6.07, 6.45) is -3.20. The lowest BCUT2D eigenvalue weighted by molar-refractivity contribution is -0.0550. The fraction of sp³-hybridized carbons (Fsp3) is 0.600. The third-order valence-electron chi connectivity index (χ3n) is 3.80. The minimum absolute atomic E-state index is 0.1000. The number of hydrogen-bond donors (Lipinski definition) is 14. The molecule has 1 aromatic heterocycles. The van der Waals surface area contributed by atoms with Crippen molar-refractivity contribution in [3.63, 3.8) is 0 Å². The molecule has 0 amide bonds. The van der Waals surface area contributed by atoms with Gasteiger partial charge in [0.05, 0.1) is 6.61 Å². The molecule has 260 valence electrons. The van der Waals surface area contributed by atoms with Crippen molar-refractivity contribution in [3.05, 3.63) is 22.2 Å². The monoisotopic (exact) mass is 773 g/mol. The van der Waals surface area contributed by atoms with Gasteiger partial charge < -0.3 is 74.7 Å². The number of aliphatic hydroxyl groups excluding tert-OH is 3. The maximum atomic E-state index is 11.7. The number of ether oxygens (including phenoxy) is 1. The Labute approximate surface area is 242 Å². The molecular formula is C10H25N3O25P6. The van der Waals surface area contributed by atoms with Crippen LogP contribution in [-0.4, -0.2) is 98.7 Å². The highest BCUT2D eigenvalue weighted by Gasteiger charge is 2.44. The maximum absolute atomic E-state index is 11.7. The second-order valence-corrected chi connectivity index (χ2v) is 15.9. The van der Waals surface area contributed by atoms with Crippen molar-refractivity contribution in [1.29, 1.82) is 0 Å². The molecule has 0 saturated carbocycles. The van der Waals surface area contributed by atoms with Crippen molar-refractivity contribution in [2.45, 2.75) is 31.5 Å². The van der Waals surface area contributed by atoms with Gasteiger partial charge in [-0.05, 0) is 6.92 Å². The fourth-order valence-electron chi connectivity index (χ4n) is 2.44. The summed E-state index contributed by atoms with van der Waals surface area (Å²) in [5, 5.41) is 28.4. The summed E-state index contributed by atoms with van der Waals surface area (Å²) in [5.74, 6) is 0.1000. The zero-order valence-electron chi connectivity index (χ0n) is 21.0. The van der Waals surface area contributed by atoms with E-state index < -0.39 is 83.8 Å². The van der Waals surface area contributed by atoms with Gasteiger partial charge in [-0.3, -0.25) is 4.57 Å². The topological polar surface area (TPSA) is 472 Å². The summed E-state index contributed by atoms with van der Waals surface area (Å²) < 4.78 is 79.0. The van der Waals surface area contributed by atoms with Gasteiger partial charge in [0.1, 0.15) is 24.1 Å². The molecule has 2 rings (SSSR count). The zero-order valence-corrected chi connectivity index (χ0v) is 26.3. The standard InChI is InChI=1S/C10H15N3O5.2H5O10P3/c1-4-2-13(10(17)12-8(4)11)9-7(16)6(15)5(3-14)18-9;2*1-11(2,3)9-13(7,8)10-12(4,5)6/h2,5-7,9,14-16H,3H2,1H3,(H2,11,12,17);2*(H,7,8)(H2,1,2,3)(H2,4,5,6)/t5-,6-,7-,9-;;/m1../s1. The molecule has 0 bridgehead atoms. The highest BCUT2D eigenvalue weighted by atomic mass is 31.3. The molecule has 1 aromatic rings. The molecule has 0 radical (unpaired) electrons. The summed E-state index contributed by atoms with van der Waals surface area (Å²) in [6, 6.07) is 0. The van der Waals surface area contributed by atoms with Crippen LogP contribution >= 0.6 is 46.9 Å². The van der Waals surface area contributed by atoms with Crippen LogP contribution in [0.3, 0.4) is 0 Å². The van der Waals surface area contributed by atoms with Gasteiger partial charge >= 0.3 is 52.6 Å². The van der Waals surface area contributed by atoms with Crippen LogP contribution in [-0.2, 0) is 49.4 Å². The largest absolute Gasteiger partial charge is 0.490 e. The summed E-state index contributed by atoms with van der Waals surface area (Å²) in [4.78, 5) is 95.7. The van der Waals surface area contributed by atoms with Crippen molar-refractivity contribution >= 4 is 52.8 Å². The average Bonchev–Trinajstić information content (AvgIpc) is 2.98. The van der Waals surface area contributed by atoms with E-state index >= 15 is 0 Å². The number of rotatable bonds is 10. The van der Waals surface area contributed by atoms with Crippen LogP contribution in [0.5, 0.6) is 0 Å². The van der Waals surface area contributed by atoms with Crippen molar-refractivity contribution < 1.29 is 114 Å². The number of nitrogens with two attached hydrogens (primary N) is 1. The van der Waals surface area contributed by atoms with Gasteiger partial charge in [0.15, 0.2) is 6.23 Å². The Hall–Kier alpha value is -0.660. The van der Waals surface area contributed by atoms with Crippen molar-refractivity contribution in [3.8, 4) is 0 Å². The molecule has 0 spiro atoms. The van der Waals surface area contributed by atoms with Gasteiger partial charge in [-0.2, -0.15) is 22.2 Å². The van der Waals surface area contributed by atoms with Crippen LogP contribution < -0.4 is 11.4 Å². The first kappa shape index (κ1) is 43.3. The van der Waals surface area contributed by atoms with E-state index in [4.69, 9.17) is 64.5 Å². The van der Waals surface area contributed by atoms with E-state index in [2.05, 4.69) is 22.2 Å². The lowest BCUT2D eigenvalue weighted by atomic mass is 10.1. The third kappa shape index (κ3) is 17.9. The molecule has 1 fully saturated rings. The van der Waals surface area contributed by atoms with Crippen LogP contribution in [0.2, 0.25) is 0 Å². The molecular weight excluding hydrogens is 748 g/mol. The minimum Gasteiger partial charge on any atom is -0.394 e. The Kier molecular flexibility index (Phi) is 15.7. The number of anilines is 1. The molecule has 15 N–H and O–H groups in total. The van der Waals surface area contributed by atoms with Crippen molar-refractivity contribution in [2.75, 3.05) is 12.3 Å². The zero-order chi connectivity index (χ0) is 35.3. The molecule has 28 nitrogen and oxygen atoms in total. The van der Waals surface area contributed by atoms with Crippen LogP contribution in [0.15, 0.2) is 11.0 Å². The van der Waals surface area contributed by atoms with E-state index in [1.807, 2.05) is 0 Å². The van der Waals surface area contributed by atoms with E-state index in [0.29, 0.717) is 5.56 Å². The Morgan fingerprint density at radius 3 is 1.39 bits per heavy atom. The molecule has 0 aromatic carbocycles. The molecule has 2 heterocycles. The van der Waals surface area contributed by atoms with E-state index in [-0.39, 0.29) is 5.82 Å². The molecule has 1 aliphatic heterocycles. The first-order chi connectivity index (χ1) is 19.3. The molecule has 1 aliphatic rings. The summed E-state index contributed by atoms with van der Waals surface area (Å²) in [6.45, 7) is 1.20. The van der Waals surface area contributed by atoms with Gasteiger partial charge in [-0.15, -0.1) is 0 Å². The van der Waals surface area contributed by atoms with Crippen molar-refractivity contribution in [1.82, 2.24) is 9.55 Å². The Morgan fingerprint density at radius 1 is 0.773 bits per heavy atom. The molecule has 44 heavy (non-hydrogen) atoms. The van der Waals surface area contributed by atoms with Crippen LogP contribution in [0, 0.1) is 6.92 Å². The SMILES string of the molecule is Cc1cn([C@@H]2O[C@H](CO)[C@@H](O)[C@H]2O)c(=O)nc1N.O=P(O)(O)OP(=O)(O)OP(=O)(O)O.O=P(O)(O)OP(=O)(O)OP(=O)(O)O. The van der Waals surface area contributed by atoms with E-state index in [1.54, 1.807) is 6.92 Å². The number of nitrogen functional groups attached to an aromatic ring is 1. The lowest BCUT2D eigenvalue weighted by Crippen LogP contribution is -2.36. The second-order valence-electron chi connectivity index (χ2n) is 7.45. The van der Waals surface area contributed by atoms with Gasteiger partial charge in [-0.1, -0.05) is 0 Å². The Bertz CT molecular complexity index is 1350. The average molecular weight is 773 g/mol. The van der Waals surface area contributed by atoms with Crippen LogP contribution in [0.4, 0.5) is 5.82 Å². The number of aromatic nitrogens is 2. The van der Waals surface area contributed by atoms with E-state index in [9.17, 15) is 42.4 Å². The molecule has 0 unspecified atom stereocenters. The number of nitrogens with zero attached hydrogens (tertiary/aromatic N) is 2. The highest BCUT2D eigenvalue weighted by molar-refractivity contribution is 7.67. The van der Waals surface area contributed by atoms with Gasteiger partial charge in [0.25, 0.3) is 0 Å². The fourth-order valence-corrected chi connectivity index (χ4v) is 7.51. The van der Waals surface area contributed by atoms with Crippen LogP contribution in [0.25, 0.3) is 0 Å². The quantitative estimate of drug-likeness (QED) is 0.102. The third-order valence-corrected chi connectivity index (χ3v) is 10.5. The van der Waals surface area contributed by atoms with E-state index in [1.165, 1.54) is 6.20 Å². The number of aliphatic hydroxyl groups is 3. The second kappa shape index (κ2) is 16.0. The predicted molar refractivity (Wildman–Crippen MR) is 133 cm³/mol. The number of hydrogen-bond acceptors (Lipinski definition) is 17. The Morgan fingerprint density at radius 2 is 1.11 bits per heavy atom. The number of aryl methyl sites for hydroxylation is 1. The van der Waals surface area contributed by atoms with E-state index in [0.717, 1.165) is 4.57 Å². The first-order valence-electron chi connectivity index (χ1n) is 9.99. The van der Waals surface area contributed by atoms with Gasteiger partial charge in [0, 0.05) is 11.8 Å². The predicted octanol–water partition coefficient (Wildman–Crippen LogP) is -3.64. The summed E-state index contributed by atoms with van der Waals surface area (Å²) in [7, 11) is -32.3. The number of phosphoric acid groups is 6. The van der Waals surface area contributed by atoms with Crippen LogP contribution in [0.1, 0.15) is 11.8 Å². The maximum Gasteiger partial charge on any atom is 0.490 e. The highest BCUT2D eigenvalue weighted by Crippen LogP contribution is 2.65. The Balaban J connectivity index is 0.000000647. The lowest BCUT2D eigenvalue weighted by Gasteiger charge is -2.17. The smallest absolute Gasteiger partial charge is 0.394 e. The normalized spacial score (nSPS) is 21.6.